The smallest absolute Gasteiger partial charge is 0.324 e. The summed E-state index contributed by atoms with van der Waals surface area (Å²) in [6.07, 6.45) is 1.25. The largest absolute Gasteiger partial charge is 0.487 e. The van der Waals surface area contributed by atoms with Crippen LogP contribution in [0.4, 0.5) is 10.5 Å². The number of hydrogen-bond acceptors (Lipinski definition) is 3. The van der Waals surface area contributed by atoms with Gasteiger partial charge in [-0.05, 0) is 43.5 Å². The molecule has 0 spiro atoms. The molecule has 1 fully saturated rings. The Bertz CT molecular complexity index is 927. The summed E-state index contributed by atoms with van der Waals surface area (Å²) in [5, 5.41) is 3.63. The fourth-order valence-corrected chi connectivity index (χ4v) is 4.25. The Morgan fingerprint density at radius 3 is 2.57 bits per heavy atom. The van der Waals surface area contributed by atoms with Crippen LogP contribution in [0.2, 0.25) is 5.02 Å². The Balaban J connectivity index is 1.33. The standard InChI is InChI=1S/C23H26ClN3O3/c1-16-15-27(20-8-4-5-9-21(20)30-16)23(29)26-12-10-17(11-13-26)22(28)25-14-18-6-2-3-7-19(18)24/h2-9,16-17H,10-15H2,1H3,(H,25,28). The number of anilines is 1. The number of fused-ring (bicyclic) bond motifs is 1. The van der Waals surface area contributed by atoms with Gasteiger partial charge in [0.1, 0.15) is 11.9 Å². The average molecular weight is 428 g/mol. The third-order valence-corrected chi connectivity index (χ3v) is 6.07. The van der Waals surface area contributed by atoms with E-state index in [4.69, 9.17) is 16.3 Å². The third kappa shape index (κ3) is 4.38. The molecule has 158 valence electrons. The van der Waals surface area contributed by atoms with Gasteiger partial charge in [0.2, 0.25) is 5.91 Å². The SMILES string of the molecule is CC1CN(C(=O)N2CCC(C(=O)NCc3ccccc3Cl)CC2)c2ccccc2O1. The van der Waals surface area contributed by atoms with Gasteiger partial charge in [0.05, 0.1) is 12.2 Å². The van der Waals surface area contributed by atoms with Gasteiger partial charge in [0.15, 0.2) is 0 Å². The number of benzene rings is 2. The topological polar surface area (TPSA) is 61.9 Å². The minimum absolute atomic E-state index is 0.0207. The van der Waals surface area contributed by atoms with Gasteiger partial charge in [-0.25, -0.2) is 4.79 Å². The molecule has 0 radical (unpaired) electrons. The second-order valence-corrected chi connectivity index (χ2v) is 8.27. The zero-order valence-corrected chi connectivity index (χ0v) is 17.8. The molecule has 7 heteroatoms. The first-order valence-corrected chi connectivity index (χ1v) is 10.7. The summed E-state index contributed by atoms with van der Waals surface area (Å²) in [4.78, 5) is 29.4. The van der Waals surface area contributed by atoms with E-state index in [0.717, 1.165) is 17.0 Å². The Morgan fingerprint density at radius 1 is 1.10 bits per heavy atom. The minimum atomic E-state index is -0.0903. The summed E-state index contributed by atoms with van der Waals surface area (Å²) in [6.45, 7) is 4.04. The minimum Gasteiger partial charge on any atom is -0.487 e. The maximum atomic E-state index is 13.2. The van der Waals surface area contributed by atoms with Crippen LogP contribution in [0.15, 0.2) is 48.5 Å². The van der Waals surface area contributed by atoms with Crippen molar-refractivity contribution in [2.75, 3.05) is 24.5 Å². The molecule has 2 aromatic rings. The molecule has 2 aliphatic heterocycles. The van der Waals surface area contributed by atoms with Gasteiger partial charge in [0.25, 0.3) is 0 Å². The fraction of sp³-hybridized carbons (Fsp3) is 0.391. The molecule has 2 heterocycles. The summed E-state index contributed by atoms with van der Waals surface area (Å²) in [5.74, 6) is 0.665. The Hall–Kier alpha value is -2.73. The molecule has 3 amide bonds. The van der Waals surface area contributed by atoms with Crippen molar-refractivity contribution in [3.05, 3.63) is 59.1 Å². The molecule has 6 nitrogen and oxygen atoms in total. The van der Waals surface area contributed by atoms with E-state index in [2.05, 4.69) is 5.32 Å². The van der Waals surface area contributed by atoms with Crippen LogP contribution in [0.25, 0.3) is 0 Å². The number of nitrogens with zero attached hydrogens (tertiary/aromatic N) is 2. The lowest BCUT2D eigenvalue weighted by molar-refractivity contribution is -0.126. The second-order valence-electron chi connectivity index (χ2n) is 7.86. The zero-order chi connectivity index (χ0) is 21.1. The van der Waals surface area contributed by atoms with Crippen molar-refractivity contribution >= 4 is 29.2 Å². The van der Waals surface area contributed by atoms with E-state index in [9.17, 15) is 9.59 Å². The molecule has 2 aromatic carbocycles. The predicted molar refractivity (Wildman–Crippen MR) is 117 cm³/mol. The maximum Gasteiger partial charge on any atom is 0.324 e. The van der Waals surface area contributed by atoms with Crippen LogP contribution in [0, 0.1) is 5.92 Å². The molecule has 0 aliphatic carbocycles. The van der Waals surface area contributed by atoms with Crippen LogP contribution in [0.1, 0.15) is 25.3 Å². The number of rotatable bonds is 3. The van der Waals surface area contributed by atoms with Crippen molar-refractivity contribution in [3.63, 3.8) is 0 Å². The highest BCUT2D eigenvalue weighted by atomic mass is 35.5. The normalized spacial score (nSPS) is 19.1. The number of carbonyl (C=O) groups is 2. The molecular formula is C23H26ClN3O3. The van der Waals surface area contributed by atoms with E-state index in [0.29, 0.717) is 44.0 Å². The van der Waals surface area contributed by atoms with Crippen LogP contribution in [0.3, 0.4) is 0 Å². The van der Waals surface area contributed by atoms with Crippen molar-refractivity contribution in [2.45, 2.75) is 32.4 Å². The molecule has 4 rings (SSSR count). The second kappa shape index (κ2) is 8.96. The Kier molecular flexibility index (Phi) is 6.13. The van der Waals surface area contributed by atoms with E-state index < -0.39 is 0 Å². The summed E-state index contributed by atoms with van der Waals surface area (Å²) >= 11 is 6.16. The number of carbonyl (C=O) groups excluding carboxylic acids is 2. The number of piperidine rings is 1. The number of para-hydroxylation sites is 2. The monoisotopic (exact) mass is 427 g/mol. The lowest BCUT2D eigenvalue weighted by Crippen LogP contribution is -2.52. The number of halogens is 1. The number of hydrogen-bond donors (Lipinski definition) is 1. The first-order valence-electron chi connectivity index (χ1n) is 10.4. The van der Waals surface area contributed by atoms with Gasteiger partial charge in [-0.3, -0.25) is 9.69 Å². The molecule has 30 heavy (non-hydrogen) atoms. The number of amides is 3. The van der Waals surface area contributed by atoms with Gasteiger partial charge in [-0.15, -0.1) is 0 Å². The molecule has 1 saturated heterocycles. The molecular weight excluding hydrogens is 402 g/mol. The molecule has 0 saturated carbocycles. The molecule has 2 aliphatic rings. The van der Waals surface area contributed by atoms with Crippen molar-refractivity contribution in [3.8, 4) is 5.75 Å². The third-order valence-electron chi connectivity index (χ3n) is 5.70. The van der Waals surface area contributed by atoms with Crippen LogP contribution in [-0.2, 0) is 11.3 Å². The van der Waals surface area contributed by atoms with Crippen molar-refractivity contribution in [2.24, 2.45) is 5.92 Å². The van der Waals surface area contributed by atoms with Crippen molar-refractivity contribution < 1.29 is 14.3 Å². The van der Waals surface area contributed by atoms with Crippen molar-refractivity contribution in [1.82, 2.24) is 10.2 Å². The summed E-state index contributed by atoms with van der Waals surface area (Å²) in [7, 11) is 0. The van der Waals surface area contributed by atoms with Gasteiger partial charge in [0, 0.05) is 30.6 Å². The van der Waals surface area contributed by atoms with Gasteiger partial charge >= 0.3 is 6.03 Å². The summed E-state index contributed by atoms with van der Waals surface area (Å²) in [6, 6.07) is 15.1. The average Bonchev–Trinajstić information content (AvgIpc) is 2.77. The lowest BCUT2D eigenvalue weighted by Gasteiger charge is -2.39. The summed E-state index contributed by atoms with van der Waals surface area (Å²) < 4.78 is 5.85. The first kappa shape index (κ1) is 20.5. The zero-order valence-electron chi connectivity index (χ0n) is 17.0. The number of urea groups is 1. The quantitative estimate of drug-likeness (QED) is 0.802. The molecule has 1 N–H and O–H groups in total. The highest BCUT2D eigenvalue weighted by Crippen LogP contribution is 2.34. The number of nitrogens with one attached hydrogen (secondary N) is 1. The van der Waals surface area contributed by atoms with Crippen molar-refractivity contribution in [1.29, 1.82) is 0 Å². The Labute approximate surface area is 181 Å². The van der Waals surface area contributed by atoms with E-state index in [1.54, 1.807) is 4.90 Å². The van der Waals surface area contributed by atoms with Crippen LogP contribution < -0.4 is 15.0 Å². The molecule has 1 atom stereocenters. The van der Waals surface area contributed by atoms with E-state index >= 15 is 0 Å². The Morgan fingerprint density at radius 2 is 1.80 bits per heavy atom. The lowest BCUT2D eigenvalue weighted by atomic mass is 9.96. The van der Waals surface area contributed by atoms with E-state index in [1.807, 2.05) is 60.4 Å². The fourth-order valence-electron chi connectivity index (χ4n) is 4.04. The highest BCUT2D eigenvalue weighted by molar-refractivity contribution is 6.31. The van der Waals surface area contributed by atoms with Gasteiger partial charge in [-0.1, -0.05) is 41.9 Å². The van der Waals surface area contributed by atoms with E-state index in [1.165, 1.54) is 0 Å². The number of ether oxygens (including phenoxy) is 1. The number of likely N-dealkylation sites (tertiary alicyclic amines) is 1. The summed E-state index contributed by atoms with van der Waals surface area (Å²) in [5.41, 5.74) is 1.71. The van der Waals surface area contributed by atoms with E-state index in [-0.39, 0.29) is 24.0 Å². The highest BCUT2D eigenvalue weighted by Gasteiger charge is 2.33. The first-order chi connectivity index (χ1) is 14.5. The molecule has 0 bridgehead atoms. The van der Waals surface area contributed by atoms with Crippen LogP contribution >= 0.6 is 11.6 Å². The van der Waals surface area contributed by atoms with Gasteiger partial charge in [-0.2, -0.15) is 0 Å². The molecule has 0 aromatic heterocycles. The van der Waals surface area contributed by atoms with Gasteiger partial charge < -0.3 is 15.0 Å². The predicted octanol–water partition coefficient (Wildman–Crippen LogP) is 4.08. The molecule has 1 unspecified atom stereocenters. The van der Waals surface area contributed by atoms with Crippen LogP contribution in [-0.4, -0.2) is 42.6 Å². The van der Waals surface area contributed by atoms with Crippen LogP contribution in [0.5, 0.6) is 5.75 Å². The maximum absolute atomic E-state index is 13.2.